The summed E-state index contributed by atoms with van der Waals surface area (Å²) in [4.78, 5) is 37.7. The SMILES string of the molecule is CC(C)C(=O)NC1CCN(C(=O)c2cc(N[C@H](C)c3ccc(F)cc3)nc(-c3cnn4ccsc34)n2)CC1. The van der Waals surface area contributed by atoms with Gasteiger partial charge in [0, 0.05) is 48.7 Å². The first-order chi connectivity index (χ1) is 18.3. The van der Waals surface area contributed by atoms with Crippen molar-refractivity contribution in [3.8, 4) is 11.4 Å². The van der Waals surface area contributed by atoms with Crippen LogP contribution >= 0.6 is 11.3 Å². The number of carbonyl (C=O) groups excluding carboxylic acids is 2. The van der Waals surface area contributed by atoms with Crippen LogP contribution in [-0.2, 0) is 4.79 Å². The van der Waals surface area contributed by atoms with Crippen LogP contribution in [0.1, 0.15) is 55.7 Å². The van der Waals surface area contributed by atoms with Gasteiger partial charge in [0.25, 0.3) is 5.91 Å². The lowest BCUT2D eigenvalue weighted by atomic mass is 10.0. The number of likely N-dealkylation sites (tertiary alicyclic amines) is 1. The number of nitrogens with zero attached hydrogens (tertiary/aromatic N) is 5. The number of nitrogens with one attached hydrogen (secondary N) is 2. The second-order valence-electron chi connectivity index (χ2n) is 9.82. The largest absolute Gasteiger partial charge is 0.363 e. The lowest BCUT2D eigenvalue weighted by Gasteiger charge is -2.32. The zero-order valence-corrected chi connectivity index (χ0v) is 22.3. The Kier molecular flexibility index (Phi) is 7.37. The van der Waals surface area contributed by atoms with Gasteiger partial charge in [-0.1, -0.05) is 26.0 Å². The number of rotatable bonds is 7. The van der Waals surface area contributed by atoms with E-state index in [1.54, 1.807) is 33.8 Å². The Morgan fingerprint density at radius 2 is 1.84 bits per heavy atom. The van der Waals surface area contributed by atoms with Gasteiger partial charge in [0.05, 0.1) is 11.8 Å². The van der Waals surface area contributed by atoms with E-state index in [1.807, 2.05) is 32.3 Å². The maximum atomic E-state index is 13.6. The van der Waals surface area contributed by atoms with E-state index in [4.69, 9.17) is 4.98 Å². The van der Waals surface area contributed by atoms with Crippen molar-refractivity contribution in [2.75, 3.05) is 18.4 Å². The standard InChI is InChI=1S/C27H30FN7O2S/c1-16(2)25(36)31-20-8-10-34(11-9-20)26(37)22-14-23(30-17(3)18-4-6-19(28)7-5-18)33-24(32-22)21-15-29-35-12-13-38-27(21)35/h4-7,12-17,20H,8-11H2,1-3H3,(H,31,36)(H,30,32,33)/t17-/m1/s1. The summed E-state index contributed by atoms with van der Waals surface area (Å²) in [7, 11) is 0. The molecule has 198 valence electrons. The average molecular weight is 536 g/mol. The molecule has 4 aromatic rings. The number of halogens is 1. The Hall–Kier alpha value is -3.86. The zero-order valence-electron chi connectivity index (χ0n) is 21.5. The van der Waals surface area contributed by atoms with Crippen molar-refractivity contribution in [1.29, 1.82) is 0 Å². The second-order valence-corrected chi connectivity index (χ2v) is 10.7. The van der Waals surface area contributed by atoms with E-state index < -0.39 is 0 Å². The van der Waals surface area contributed by atoms with Gasteiger partial charge in [0.1, 0.15) is 22.2 Å². The van der Waals surface area contributed by atoms with Gasteiger partial charge in [-0.15, -0.1) is 11.3 Å². The normalized spacial score (nSPS) is 15.1. The molecule has 1 saturated heterocycles. The third kappa shape index (κ3) is 5.52. The quantitative estimate of drug-likeness (QED) is 0.360. The van der Waals surface area contributed by atoms with Gasteiger partial charge in [-0.05, 0) is 37.5 Å². The topological polar surface area (TPSA) is 105 Å². The van der Waals surface area contributed by atoms with Crippen LogP contribution in [0.25, 0.3) is 16.2 Å². The molecule has 9 nitrogen and oxygen atoms in total. The molecule has 0 radical (unpaired) electrons. The number of anilines is 1. The molecule has 38 heavy (non-hydrogen) atoms. The molecule has 1 fully saturated rings. The molecule has 0 aliphatic carbocycles. The smallest absolute Gasteiger partial charge is 0.272 e. The Bertz CT molecular complexity index is 1440. The number of piperidine rings is 1. The Balaban J connectivity index is 1.40. The van der Waals surface area contributed by atoms with E-state index in [2.05, 4.69) is 20.7 Å². The molecule has 0 unspecified atom stereocenters. The monoisotopic (exact) mass is 535 g/mol. The third-order valence-corrected chi connectivity index (χ3v) is 7.59. The second kappa shape index (κ2) is 10.9. The summed E-state index contributed by atoms with van der Waals surface area (Å²) in [5.41, 5.74) is 1.91. The van der Waals surface area contributed by atoms with Crippen molar-refractivity contribution < 1.29 is 14.0 Å². The maximum Gasteiger partial charge on any atom is 0.272 e. The number of aromatic nitrogens is 4. The Morgan fingerprint density at radius 1 is 1.11 bits per heavy atom. The van der Waals surface area contributed by atoms with Gasteiger partial charge in [0.2, 0.25) is 5.91 Å². The highest BCUT2D eigenvalue weighted by Crippen LogP contribution is 2.28. The van der Waals surface area contributed by atoms with Crippen molar-refractivity contribution in [2.45, 2.75) is 45.7 Å². The van der Waals surface area contributed by atoms with Crippen LogP contribution in [0, 0.1) is 11.7 Å². The number of thiazole rings is 1. The molecule has 4 heterocycles. The molecule has 0 spiro atoms. The van der Waals surface area contributed by atoms with E-state index >= 15 is 0 Å². The number of carbonyl (C=O) groups is 2. The minimum Gasteiger partial charge on any atom is -0.363 e. The van der Waals surface area contributed by atoms with Gasteiger partial charge in [-0.3, -0.25) is 9.59 Å². The zero-order chi connectivity index (χ0) is 26.8. The van der Waals surface area contributed by atoms with E-state index in [-0.39, 0.29) is 41.3 Å². The molecule has 1 aliphatic rings. The summed E-state index contributed by atoms with van der Waals surface area (Å²) < 4.78 is 15.2. The van der Waals surface area contributed by atoms with Crippen molar-refractivity contribution in [1.82, 2.24) is 29.8 Å². The van der Waals surface area contributed by atoms with E-state index in [0.29, 0.717) is 37.6 Å². The minimum atomic E-state index is -0.299. The molecule has 1 aliphatic heterocycles. The van der Waals surface area contributed by atoms with Gasteiger partial charge < -0.3 is 15.5 Å². The van der Waals surface area contributed by atoms with Gasteiger partial charge in [0.15, 0.2) is 5.82 Å². The molecule has 2 amide bonds. The van der Waals surface area contributed by atoms with E-state index in [9.17, 15) is 14.0 Å². The van der Waals surface area contributed by atoms with Crippen molar-refractivity contribution in [2.24, 2.45) is 5.92 Å². The maximum absolute atomic E-state index is 13.6. The summed E-state index contributed by atoms with van der Waals surface area (Å²) in [5.74, 6) is 0.367. The predicted octanol–water partition coefficient (Wildman–Crippen LogP) is 4.54. The molecule has 0 bridgehead atoms. The first-order valence-corrected chi connectivity index (χ1v) is 13.6. The van der Waals surface area contributed by atoms with Crippen LogP contribution in [0.15, 0.2) is 48.1 Å². The lowest BCUT2D eigenvalue weighted by Crippen LogP contribution is -2.47. The predicted molar refractivity (Wildman–Crippen MR) is 144 cm³/mol. The number of amides is 2. The molecule has 1 aromatic carbocycles. The number of hydrogen-bond donors (Lipinski definition) is 2. The third-order valence-electron chi connectivity index (χ3n) is 6.70. The molecule has 3 aromatic heterocycles. The fraction of sp³-hybridized carbons (Fsp3) is 0.370. The molecule has 5 rings (SSSR count). The van der Waals surface area contributed by atoms with Crippen LogP contribution < -0.4 is 10.6 Å². The Labute approximate surface area is 224 Å². The lowest BCUT2D eigenvalue weighted by molar-refractivity contribution is -0.124. The van der Waals surface area contributed by atoms with Gasteiger partial charge >= 0.3 is 0 Å². The van der Waals surface area contributed by atoms with Gasteiger partial charge in [-0.2, -0.15) is 5.10 Å². The summed E-state index contributed by atoms with van der Waals surface area (Å²) >= 11 is 1.52. The van der Waals surface area contributed by atoms with Crippen LogP contribution in [0.4, 0.5) is 10.2 Å². The Morgan fingerprint density at radius 3 is 2.55 bits per heavy atom. The number of benzene rings is 1. The van der Waals surface area contributed by atoms with Crippen LogP contribution in [0.2, 0.25) is 0 Å². The van der Waals surface area contributed by atoms with E-state index in [0.717, 1.165) is 16.0 Å². The molecular weight excluding hydrogens is 505 g/mol. The van der Waals surface area contributed by atoms with Crippen molar-refractivity contribution in [3.63, 3.8) is 0 Å². The van der Waals surface area contributed by atoms with E-state index in [1.165, 1.54) is 23.5 Å². The fourth-order valence-corrected chi connectivity index (χ4v) is 5.24. The summed E-state index contributed by atoms with van der Waals surface area (Å²) in [6.45, 7) is 6.74. The fourth-order valence-electron chi connectivity index (χ4n) is 4.45. The van der Waals surface area contributed by atoms with Crippen LogP contribution in [0.3, 0.4) is 0 Å². The molecule has 1 atom stereocenters. The minimum absolute atomic E-state index is 0.0299. The molecular formula is C27H30FN7O2S. The number of hydrogen-bond acceptors (Lipinski definition) is 7. The first kappa shape index (κ1) is 25.8. The molecule has 0 saturated carbocycles. The highest BCUT2D eigenvalue weighted by molar-refractivity contribution is 7.16. The molecule has 2 N–H and O–H groups in total. The highest BCUT2D eigenvalue weighted by Gasteiger charge is 2.27. The van der Waals surface area contributed by atoms with Crippen molar-refractivity contribution >= 4 is 33.8 Å². The number of fused-ring (bicyclic) bond motifs is 1. The van der Waals surface area contributed by atoms with Crippen molar-refractivity contribution in [3.05, 3.63) is 65.2 Å². The van der Waals surface area contributed by atoms with Gasteiger partial charge in [-0.25, -0.2) is 18.9 Å². The summed E-state index contributed by atoms with van der Waals surface area (Å²) in [6.07, 6.45) is 4.93. The summed E-state index contributed by atoms with van der Waals surface area (Å²) in [6, 6.07) is 7.81. The highest BCUT2D eigenvalue weighted by atomic mass is 32.1. The molecule has 11 heteroatoms. The first-order valence-electron chi connectivity index (χ1n) is 12.7. The average Bonchev–Trinajstić information content (AvgIpc) is 3.53. The summed E-state index contributed by atoms with van der Waals surface area (Å²) in [5, 5.41) is 12.7. The van der Waals surface area contributed by atoms with Crippen LogP contribution in [0.5, 0.6) is 0 Å². The van der Waals surface area contributed by atoms with Crippen LogP contribution in [-0.4, -0.2) is 55.4 Å².